The summed E-state index contributed by atoms with van der Waals surface area (Å²) in [7, 11) is 3.38. The van der Waals surface area contributed by atoms with Gasteiger partial charge in [-0.25, -0.2) is 0 Å². The van der Waals surface area contributed by atoms with Gasteiger partial charge in [0.15, 0.2) is 5.60 Å². The van der Waals surface area contributed by atoms with Gasteiger partial charge in [0, 0.05) is 39.0 Å². The van der Waals surface area contributed by atoms with Crippen LogP contribution in [-0.4, -0.2) is 66.0 Å². The number of pyridine rings is 1. The Morgan fingerprint density at radius 3 is 2.56 bits per heavy atom. The number of hydrogen-bond donors (Lipinski definition) is 0. The molecule has 0 saturated carbocycles. The molecular formula is C21H25N3O3. The lowest BCUT2D eigenvalue weighted by molar-refractivity contribution is -0.162. The zero-order valence-corrected chi connectivity index (χ0v) is 16.0. The Morgan fingerprint density at radius 1 is 1.19 bits per heavy atom. The maximum absolute atomic E-state index is 12.9. The van der Waals surface area contributed by atoms with Gasteiger partial charge in [-0.3, -0.25) is 14.6 Å². The van der Waals surface area contributed by atoms with Gasteiger partial charge in [0.2, 0.25) is 0 Å². The van der Waals surface area contributed by atoms with E-state index in [1.807, 2.05) is 24.3 Å². The van der Waals surface area contributed by atoms with Gasteiger partial charge in [0.25, 0.3) is 11.8 Å². The summed E-state index contributed by atoms with van der Waals surface area (Å²) >= 11 is 0. The van der Waals surface area contributed by atoms with Crippen molar-refractivity contribution in [3.8, 4) is 0 Å². The first-order valence-corrected chi connectivity index (χ1v) is 9.03. The van der Waals surface area contributed by atoms with Crippen LogP contribution in [-0.2, 0) is 16.0 Å². The first kappa shape index (κ1) is 19.0. The van der Waals surface area contributed by atoms with E-state index in [1.165, 1.54) is 10.5 Å². The van der Waals surface area contributed by atoms with Crippen molar-refractivity contribution in [1.82, 2.24) is 14.8 Å². The van der Waals surface area contributed by atoms with Crippen molar-refractivity contribution in [3.05, 3.63) is 65.5 Å². The molecule has 6 nitrogen and oxygen atoms in total. The Kier molecular flexibility index (Phi) is 5.56. The van der Waals surface area contributed by atoms with E-state index in [4.69, 9.17) is 4.74 Å². The largest absolute Gasteiger partial charge is 0.362 e. The highest BCUT2D eigenvalue weighted by Gasteiger charge is 2.41. The lowest BCUT2D eigenvalue weighted by Crippen LogP contribution is -2.59. The van der Waals surface area contributed by atoms with Crippen LogP contribution < -0.4 is 0 Å². The fourth-order valence-corrected chi connectivity index (χ4v) is 3.29. The highest BCUT2D eigenvalue weighted by atomic mass is 16.5. The summed E-state index contributed by atoms with van der Waals surface area (Å²) in [4.78, 5) is 32.8. The number of morpholine rings is 1. The predicted octanol–water partition coefficient (Wildman–Crippen LogP) is 1.99. The van der Waals surface area contributed by atoms with Crippen LogP contribution in [0.5, 0.6) is 0 Å². The van der Waals surface area contributed by atoms with E-state index >= 15 is 0 Å². The fourth-order valence-electron chi connectivity index (χ4n) is 3.29. The molecule has 2 amide bonds. The lowest BCUT2D eigenvalue weighted by atomic mass is 10.0. The molecule has 1 aliphatic rings. The molecule has 1 aromatic carbocycles. The second-order valence-corrected chi connectivity index (χ2v) is 7.21. The van der Waals surface area contributed by atoms with E-state index < -0.39 is 5.60 Å². The van der Waals surface area contributed by atoms with Crippen LogP contribution in [0, 0.1) is 0 Å². The number of rotatable bonds is 4. The summed E-state index contributed by atoms with van der Waals surface area (Å²) in [5.41, 5.74) is 1.59. The van der Waals surface area contributed by atoms with Crippen LogP contribution in [0.25, 0.3) is 0 Å². The average Bonchev–Trinajstić information content (AvgIpc) is 2.68. The van der Waals surface area contributed by atoms with Crippen molar-refractivity contribution >= 4 is 11.8 Å². The van der Waals surface area contributed by atoms with Crippen LogP contribution in [0.15, 0.2) is 48.7 Å². The third kappa shape index (κ3) is 4.34. The molecule has 0 aliphatic carbocycles. The Balaban J connectivity index is 1.69. The predicted molar refractivity (Wildman–Crippen MR) is 102 cm³/mol. The summed E-state index contributed by atoms with van der Waals surface area (Å²) in [6.07, 6.45) is 2.34. The normalized spacial score (nSPS) is 19.6. The Hall–Kier alpha value is -2.73. The highest BCUT2D eigenvalue weighted by molar-refractivity contribution is 5.95. The van der Waals surface area contributed by atoms with Crippen molar-refractivity contribution in [1.29, 1.82) is 0 Å². The minimum Gasteiger partial charge on any atom is -0.362 e. The third-order valence-electron chi connectivity index (χ3n) is 4.72. The monoisotopic (exact) mass is 367 g/mol. The van der Waals surface area contributed by atoms with Gasteiger partial charge in [0.1, 0.15) is 0 Å². The van der Waals surface area contributed by atoms with E-state index in [1.54, 1.807) is 38.2 Å². The van der Waals surface area contributed by atoms with E-state index in [9.17, 15) is 9.59 Å². The molecule has 142 valence electrons. The number of hydrogen-bond acceptors (Lipinski definition) is 4. The Bertz CT molecular complexity index is 805. The van der Waals surface area contributed by atoms with E-state index in [-0.39, 0.29) is 18.4 Å². The van der Waals surface area contributed by atoms with Crippen molar-refractivity contribution in [2.75, 3.05) is 33.8 Å². The molecule has 2 heterocycles. The van der Waals surface area contributed by atoms with Gasteiger partial charge in [-0.2, -0.15) is 0 Å². The smallest absolute Gasteiger partial charge is 0.255 e. The number of carbonyl (C=O) groups excluding carboxylic acids is 2. The zero-order chi connectivity index (χ0) is 19.4. The fraction of sp³-hybridized carbons (Fsp3) is 0.381. The van der Waals surface area contributed by atoms with E-state index in [0.29, 0.717) is 18.7 Å². The minimum atomic E-state index is -1.02. The zero-order valence-electron chi connectivity index (χ0n) is 16.0. The molecule has 6 heteroatoms. The quantitative estimate of drug-likeness (QED) is 0.829. The lowest BCUT2D eigenvalue weighted by Gasteiger charge is -2.40. The summed E-state index contributed by atoms with van der Waals surface area (Å²) in [6, 6.07) is 13.8. The summed E-state index contributed by atoms with van der Waals surface area (Å²) < 4.78 is 5.69. The Morgan fingerprint density at radius 2 is 1.93 bits per heavy atom. The maximum atomic E-state index is 12.9. The number of aromatic nitrogens is 1. The summed E-state index contributed by atoms with van der Waals surface area (Å²) in [5, 5.41) is 0. The number of amides is 2. The molecule has 0 bridgehead atoms. The molecule has 0 radical (unpaired) electrons. The molecule has 1 fully saturated rings. The van der Waals surface area contributed by atoms with Crippen molar-refractivity contribution in [2.45, 2.75) is 18.9 Å². The molecule has 3 rings (SSSR count). The molecule has 1 atom stereocenters. The number of nitrogens with zero attached hydrogens (tertiary/aromatic N) is 3. The first-order chi connectivity index (χ1) is 12.9. The van der Waals surface area contributed by atoms with Crippen molar-refractivity contribution in [2.24, 2.45) is 0 Å². The SMILES string of the molecule is CN(C)C(=O)[C@@]1(C)CN(C(=O)c2ccc(Cc3ccccc3)nc2)CCO1. The summed E-state index contributed by atoms with van der Waals surface area (Å²) in [5.74, 6) is -0.272. The van der Waals surface area contributed by atoms with Crippen LogP contribution >= 0.6 is 0 Å². The van der Waals surface area contributed by atoms with E-state index in [2.05, 4.69) is 17.1 Å². The summed E-state index contributed by atoms with van der Waals surface area (Å²) in [6.45, 7) is 2.76. The minimum absolute atomic E-state index is 0.130. The third-order valence-corrected chi connectivity index (χ3v) is 4.72. The number of ether oxygens (including phenoxy) is 1. The molecule has 0 unspecified atom stereocenters. The molecule has 2 aromatic rings. The molecule has 27 heavy (non-hydrogen) atoms. The molecule has 0 spiro atoms. The van der Waals surface area contributed by atoms with Gasteiger partial charge in [-0.05, 0) is 24.6 Å². The molecule has 1 saturated heterocycles. The van der Waals surface area contributed by atoms with E-state index in [0.717, 1.165) is 12.1 Å². The van der Waals surface area contributed by atoms with Crippen LogP contribution in [0.3, 0.4) is 0 Å². The van der Waals surface area contributed by atoms with Gasteiger partial charge in [0.05, 0.1) is 18.7 Å². The molecular weight excluding hydrogens is 342 g/mol. The second-order valence-electron chi connectivity index (χ2n) is 7.21. The average molecular weight is 367 g/mol. The number of carbonyl (C=O) groups is 2. The van der Waals surface area contributed by atoms with Gasteiger partial charge in [-0.1, -0.05) is 30.3 Å². The van der Waals surface area contributed by atoms with Crippen molar-refractivity contribution in [3.63, 3.8) is 0 Å². The van der Waals surface area contributed by atoms with Gasteiger partial charge in [-0.15, -0.1) is 0 Å². The number of likely N-dealkylation sites (N-methyl/N-ethyl adjacent to an activating group) is 1. The first-order valence-electron chi connectivity index (χ1n) is 9.03. The van der Waals surface area contributed by atoms with Crippen LogP contribution in [0.2, 0.25) is 0 Å². The van der Waals surface area contributed by atoms with Crippen LogP contribution in [0.4, 0.5) is 0 Å². The van der Waals surface area contributed by atoms with Crippen LogP contribution in [0.1, 0.15) is 28.5 Å². The maximum Gasteiger partial charge on any atom is 0.255 e. The standard InChI is InChI=1S/C21H25N3O3/c1-21(20(26)23(2)3)15-24(11-12-27-21)19(25)17-9-10-18(22-14-17)13-16-7-5-4-6-8-16/h4-10,14H,11-13,15H2,1-3H3/t21-/m1/s1. The highest BCUT2D eigenvalue weighted by Crippen LogP contribution is 2.21. The molecule has 0 N–H and O–H groups in total. The Labute approximate surface area is 159 Å². The molecule has 1 aromatic heterocycles. The van der Waals surface area contributed by atoms with Crippen molar-refractivity contribution < 1.29 is 14.3 Å². The number of benzene rings is 1. The van der Waals surface area contributed by atoms with Gasteiger partial charge >= 0.3 is 0 Å². The van der Waals surface area contributed by atoms with Gasteiger partial charge < -0.3 is 14.5 Å². The topological polar surface area (TPSA) is 62.7 Å². The molecule has 1 aliphatic heterocycles. The second kappa shape index (κ2) is 7.88.